The minimum absolute atomic E-state index is 0.155. The SMILES string of the molecule is Cc1nccn1-c1cccc(C2CNCCO2)c1. The van der Waals surface area contributed by atoms with E-state index in [1.165, 1.54) is 5.56 Å². The zero-order chi connectivity index (χ0) is 12.4. The van der Waals surface area contributed by atoms with Gasteiger partial charge >= 0.3 is 0 Å². The van der Waals surface area contributed by atoms with Crippen LogP contribution in [0.15, 0.2) is 36.7 Å². The number of aromatic nitrogens is 2. The van der Waals surface area contributed by atoms with E-state index in [0.717, 1.165) is 31.2 Å². The van der Waals surface area contributed by atoms with Gasteiger partial charge in [-0.3, -0.25) is 0 Å². The van der Waals surface area contributed by atoms with E-state index < -0.39 is 0 Å². The normalized spacial score (nSPS) is 19.9. The zero-order valence-electron chi connectivity index (χ0n) is 10.5. The average Bonchev–Trinajstić information content (AvgIpc) is 2.86. The van der Waals surface area contributed by atoms with Gasteiger partial charge in [0, 0.05) is 31.2 Å². The summed E-state index contributed by atoms with van der Waals surface area (Å²) in [6.07, 6.45) is 3.96. The Bertz CT molecular complexity index is 529. The van der Waals surface area contributed by atoms with Gasteiger partial charge in [0.15, 0.2) is 0 Å². The van der Waals surface area contributed by atoms with E-state index in [1.807, 2.05) is 19.3 Å². The third kappa shape index (κ3) is 2.17. The summed E-state index contributed by atoms with van der Waals surface area (Å²) in [6.45, 7) is 4.60. The molecule has 0 bridgehead atoms. The van der Waals surface area contributed by atoms with Gasteiger partial charge in [-0.05, 0) is 24.6 Å². The molecular weight excluding hydrogens is 226 g/mol. The number of rotatable bonds is 2. The molecule has 1 saturated heterocycles. The second-order valence-corrected chi connectivity index (χ2v) is 4.50. The predicted molar refractivity (Wildman–Crippen MR) is 69.9 cm³/mol. The Morgan fingerprint density at radius 1 is 1.44 bits per heavy atom. The molecule has 4 heteroatoms. The number of hydrogen-bond acceptors (Lipinski definition) is 3. The Balaban J connectivity index is 1.91. The first-order chi connectivity index (χ1) is 8.84. The number of nitrogens with one attached hydrogen (secondary N) is 1. The fourth-order valence-electron chi connectivity index (χ4n) is 2.31. The van der Waals surface area contributed by atoms with E-state index in [2.05, 4.69) is 39.1 Å². The fraction of sp³-hybridized carbons (Fsp3) is 0.357. The first kappa shape index (κ1) is 11.4. The molecular formula is C14H17N3O. The Morgan fingerprint density at radius 2 is 2.39 bits per heavy atom. The van der Waals surface area contributed by atoms with Gasteiger partial charge in [-0.1, -0.05) is 12.1 Å². The van der Waals surface area contributed by atoms with Crippen LogP contribution >= 0.6 is 0 Å². The van der Waals surface area contributed by atoms with Crippen LogP contribution < -0.4 is 5.32 Å². The highest BCUT2D eigenvalue weighted by molar-refractivity contribution is 5.38. The van der Waals surface area contributed by atoms with Gasteiger partial charge < -0.3 is 14.6 Å². The molecule has 0 spiro atoms. The maximum Gasteiger partial charge on any atom is 0.110 e. The largest absolute Gasteiger partial charge is 0.371 e. The molecule has 3 rings (SSSR count). The fourth-order valence-corrected chi connectivity index (χ4v) is 2.31. The summed E-state index contributed by atoms with van der Waals surface area (Å²) >= 11 is 0. The number of nitrogens with zero attached hydrogens (tertiary/aromatic N) is 2. The number of benzene rings is 1. The lowest BCUT2D eigenvalue weighted by molar-refractivity contribution is 0.0277. The molecule has 2 heterocycles. The smallest absolute Gasteiger partial charge is 0.110 e. The van der Waals surface area contributed by atoms with Gasteiger partial charge in [-0.2, -0.15) is 0 Å². The number of ether oxygens (including phenoxy) is 1. The molecule has 1 atom stereocenters. The van der Waals surface area contributed by atoms with Crippen LogP contribution in [0.5, 0.6) is 0 Å². The van der Waals surface area contributed by atoms with Crippen LogP contribution in [0.25, 0.3) is 5.69 Å². The average molecular weight is 243 g/mol. The van der Waals surface area contributed by atoms with Crippen LogP contribution in [-0.4, -0.2) is 29.2 Å². The summed E-state index contributed by atoms with van der Waals surface area (Å²) < 4.78 is 7.86. The molecule has 1 aliphatic rings. The van der Waals surface area contributed by atoms with Crippen LogP contribution in [0.2, 0.25) is 0 Å². The van der Waals surface area contributed by atoms with Crippen LogP contribution in [0.3, 0.4) is 0 Å². The second kappa shape index (κ2) is 4.92. The van der Waals surface area contributed by atoms with Crippen molar-refractivity contribution in [1.29, 1.82) is 0 Å². The molecule has 1 aromatic heterocycles. The molecule has 0 saturated carbocycles. The zero-order valence-corrected chi connectivity index (χ0v) is 10.5. The maximum absolute atomic E-state index is 5.78. The summed E-state index contributed by atoms with van der Waals surface area (Å²) in [5.41, 5.74) is 2.35. The molecule has 1 aromatic carbocycles. The van der Waals surface area contributed by atoms with Gasteiger partial charge in [0.25, 0.3) is 0 Å². The van der Waals surface area contributed by atoms with Crippen molar-refractivity contribution in [2.75, 3.05) is 19.7 Å². The topological polar surface area (TPSA) is 39.1 Å². The van der Waals surface area contributed by atoms with Crippen molar-refractivity contribution in [3.8, 4) is 5.69 Å². The van der Waals surface area contributed by atoms with Crippen molar-refractivity contribution in [1.82, 2.24) is 14.9 Å². The molecule has 18 heavy (non-hydrogen) atoms. The third-order valence-corrected chi connectivity index (χ3v) is 3.27. The standard InChI is InChI=1S/C14H17N3O/c1-11-16-5-7-17(11)13-4-2-3-12(9-13)14-10-15-6-8-18-14/h2-5,7,9,14-15H,6,8,10H2,1H3. The van der Waals surface area contributed by atoms with Crippen molar-refractivity contribution in [2.45, 2.75) is 13.0 Å². The predicted octanol–water partition coefficient (Wildman–Crippen LogP) is 1.84. The monoisotopic (exact) mass is 243 g/mol. The highest BCUT2D eigenvalue weighted by atomic mass is 16.5. The first-order valence-corrected chi connectivity index (χ1v) is 6.27. The molecule has 1 fully saturated rings. The van der Waals surface area contributed by atoms with Crippen LogP contribution in [0.1, 0.15) is 17.5 Å². The lowest BCUT2D eigenvalue weighted by Gasteiger charge is -2.24. The molecule has 0 amide bonds. The number of morpholine rings is 1. The minimum Gasteiger partial charge on any atom is -0.371 e. The van der Waals surface area contributed by atoms with Crippen molar-refractivity contribution < 1.29 is 4.74 Å². The maximum atomic E-state index is 5.78. The molecule has 0 aliphatic carbocycles. The van der Waals surface area contributed by atoms with Crippen molar-refractivity contribution >= 4 is 0 Å². The number of aryl methyl sites for hydroxylation is 1. The lowest BCUT2D eigenvalue weighted by Crippen LogP contribution is -2.33. The summed E-state index contributed by atoms with van der Waals surface area (Å²) in [5.74, 6) is 0.995. The van der Waals surface area contributed by atoms with Crippen molar-refractivity contribution in [3.05, 3.63) is 48.0 Å². The Labute approximate surface area is 107 Å². The lowest BCUT2D eigenvalue weighted by atomic mass is 10.1. The van der Waals surface area contributed by atoms with Gasteiger partial charge in [0.1, 0.15) is 5.82 Å². The highest BCUT2D eigenvalue weighted by Crippen LogP contribution is 2.21. The van der Waals surface area contributed by atoms with E-state index >= 15 is 0 Å². The molecule has 2 aromatic rings. The number of hydrogen-bond donors (Lipinski definition) is 1. The van der Waals surface area contributed by atoms with Gasteiger partial charge in [0.2, 0.25) is 0 Å². The summed E-state index contributed by atoms with van der Waals surface area (Å²) in [4.78, 5) is 4.25. The number of imidazole rings is 1. The van der Waals surface area contributed by atoms with E-state index in [-0.39, 0.29) is 6.10 Å². The molecule has 1 aliphatic heterocycles. The summed E-state index contributed by atoms with van der Waals surface area (Å²) in [6, 6.07) is 8.45. The summed E-state index contributed by atoms with van der Waals surface area (Å²) in [7, 11) is 0. The van der Waals surface area contributed by atoms with Gasteiger partial charge in [-0.25, -0.2) is 4.98 Å². The molecule has 0 radical (unpaired) electrons. The molecule has 4 nitrogen and oxygen atoms in total. The van der Waals surface area contributed by atoms with Gasteiger partial charge in [-0.15, -0.1) is 0 Å². The Morgan fingerprint density at radius 3 is 3.11 bits per heavy atom. The molecule has 1 N–H and O–H groups in total. The van der Waals surface area contributed by atoms with E-state index in [1.54, 1.807) is 0 Å². The summed E-state index contributed by atoms with van der Waals surface area (Å²) in [5, 5.41) is 3.35. The highest BCUT2D eigenvalue weighted by Gasteiger charge is 2.16. The molecule has 94 valence electrons. The third-order valence-electron chi connectivity index (χ3n) is 3.27. The Hall–Kier alpha value is -1.65. The van der Waals surface area contributed by atoms with Crippen molar-refractivity contribution in [2.24, 2.45) is 0 Å². The second-order valence-electron chi connectivity index (χ2n) is 4.50. The quantitative estimate of drug-likeness (QED) is 0.874. The van der Waals surface area contributed by atoms with Gasteiger partial charge in [0.05, 0.1) is 12.7 Å². The minimum atomic E-state index is 0.155. The first-order valence-electron chi connectivity index (χ1n) is 6.27. The Kier molecular flexibility index (Phi) is 3.13. The van der Waals surface area contributed by atoms with Crippen molar-refractivity contribution in [3.63, 3.8) is 0 Å². The van der Waals surface area contributed by atoms with Crippen LogP contribution in [0, 0.1) is 6.92 Å². The van der Waals surface area contributed by atoms with Crippen LogP contribution in [-0.2, 0) is 4.74 Å². The van der Waals surface area contributed by atoms with Crippen LogP contribution in [0.4, 0.5) is 0 Å². The van der Waals surface area contributed by atoms with E-state index in [0.29, 0.717) is 0 Å². The van der Waals surface area contributed by atoms with E-state index in [4.69, 9.17) is 4.74 Å². The van der Waals surface area contributed by atoms with E-state index in [9.17, 15) is 0 Å². The molecule has 1 unspecified atom stereocenters.